The maximum absolute atomic E-state index is 13.3. The van der Waals surface area contributed by atoms with E-state index in [4.69, 9.17) is 28.1 Å². The summed E-state index contributed by atoms with van der Waals surface area (Å²) in [6.07, 6.45) is 2.19. The Morgan fingerprint density at radius 2 is 1.93 bits per heavy atom. The van der Waals surface area contributed by atoms with E-state index in [2.05, 4.69) is 6.92 Å². The van der Waals surface area contributed by atoms with Gasteiger partial charge in [-0.05, 0) is 38.7 Å². The summed E-state index contributed by atoms with van der Waals surface area (Å²) >= 11 is 0. The van der Waals surface area contributed by atoms with Crippen molar-refractivity contribution < 1.29 is 52.7 Å². The van der Waals surface area contributed by atoms with Crippen LogP contribution in [0, 0.1) is 39.9 Å². The second kappa shape index (κ2) is 8.93. The zero-order valence-electron chi connectivity index (χ0n) is 25.3. The van der Waals surface area contributed by atoms with Crippen molar-refractivity contribution in [3.05, 3.63) is 35.8 Å². The van der Waals surface area contributed by atoms with E-state index >= 15 is 0 Å². The predicted molar refractivity (Wildman–Crippen MR) is 145 cm³/mol. The molecule has 5 heterocycles. The molecule has 0 aromatic carbocycles. The molecule has 11 heteroatoms. The second-order valence-corrected chi connectivity index (χ2v) is 14.1. The van der Waals surface area contributed by atoms with E-state index in [1.54, 1.807) is 45.4 Å². The molecule has 4 saturated heterocycles. The minimum atomic E-state index is -2.00. The number of cyclic esters (lactones) is 1. The number of furan rings is 1. The number of aliphatic hydroxyl groups is 2. The van der Waals surface area contributed by atoms with Gasteiger partial charge in [0.25, 0.3) is 0 Å². The van der Waals surface area contributed by atoms with Crippen molar-refractivity contribution in [3.63, 3.8) is 0 Å². The number of carbonyl (C=O) groups excluding carboxylic acids is 3. The molecule has 11 nitrogen and oxygen atoms in total. The molecular formula is C32H40O11. The molecular weight excluding hydrogens is 560 g/mol. The third-order valence-electron chi connectivity index (χ3n) is 12.7. The second-order valence-electron chi connectivity index (χ2n) is 14.1. The summed E-state index contributed by atoms with van der Waals surface area (Å²) in [5.74, 6) is -5.74. The summed E-state index contributed by atoms with van der Waals surface area (Å²) in [4.78, 5) is 39.5. The van der Waals surface area contributed by atoms with E-state index in [0.29, 0.717) is 18.4 Å². The molecule has 7 aliphatic rings. The lowest BCUT2D eigenvalue weighted by Gasteiger charge is -2.75. The minimum Gasteiger partial charge on any atom is -0.472 e. The lowest BCUT2D eigenvalue weighted by molar-refractivity contribution is -0.494. The molecule has 4 aliphatic heterocycles. The van der Waals surface area contributed by atoms with Crippen LogP contribution >= 0.6 is 0 Å². The number of esters is 3. The summed E-state index contributed by atoms with van der Waals surface area (Å²) in [6.45, 7) is 9.12. The SMILES string of the molecule is CC=C(C)C(=O)OC1C2C3OC34C3CC(=O)OC(c5ccoc5)C3(C)CCC4C3(C)C(CC(=O)OC)C1(C)C(O)OC23O. The maximum Gasteiger partial charge on any atom is 0.333 e. The molecule has 0 amide bonds. The van der Waals surface area contributed by atoms with E-state index in [1.165, 1.54) is 7.11 Å². The molecule has 0 radical (unpaired) electrons. The quantitative estimate of drug-likeness (QED) is 0.222. The molecule has 3 saturated carbocycles. The smallest absolute Gasteiger partial charge is 0.333 e. The summed E-state index contributed by atoms with van der Waals surface area (Å²) in [5.41, 5.74) is -2.71. The summed E-state index contributed by atoms with van der Waals surface area (Å²) < 4.78 is 35.6. The highest BCUT2D eigenvalue weighted by molar-refractivity contribution is 5.87. The molecule has 234 valence electrons. The molecule has 1 aromatic heterocycles. The zero-order chi connectivity index (χ0) is 30.9. The van der Waals surface area contributed by atoms with Crippen molar-refractivity contribution in [2.45, 2.75) is 96.3 Å². The van der Waals surface area contributed by atoms with Crippen LogP contribution in [0.1, 0.15) is 72.0 Å². The monoisotopic (exact) mass is 600 g/mol. The van der Waals surface area contributed by atoms with Crippen LogP contribution in [0.15, 0.2) is 34.7 Å². The Hall–Kier alpha value is -2.73. The molecule has 4 bridgehead atoms. The van der Waals surface area contributed by atoms with E-state index in [0.717, 1.165) is 5.56 Å². The molecule has 3 aliphatic carbocycles. The number of carbonyl (C=O) groups is 3. The van der Waals surface area contributed by atoms with E-state index in [1.807, 2.05) is 6.92 Å². The van der Waals surface area contributed by atoms with Gasteiger partial charge in [0.1, 0.15) is 17.8 Å². The van der Waals surface area contributed by atoms with Gasteiger partial charge in [0, 0.05) is 40.2 Å². The van der Waals surface area contributed by atoms with Gasteiger partial charge in [-0.2, -0.15) is 0 Å². The molecule has 13 unspecified atom stereocenters. The van der Waals surface area contributed by atoms with Crippen LogP contribution in [0.4, 0.5) is 0 Å². The molecule has 1 spiro atoms. The number of hydrogen-bond acceptors (Lipinski definition) is 11. The molecule has 2 N–H and O–H groups in total. The van der Waals surface area contributed by atoms with Gasteiger partial charge in [0.15, 0.2) is 12.1 Å². The van der Waals surface area contributed by atoms with Crippen molar-refractivity contribution in [1.29, 1.82) is 0 Å². The molecule has 8 rings (SSSR count). The Bertz CT molecular complexity index is 1400. The van der Waals surface area contributed by atoms with Gasteiger partial charge in [-0.15, -0.1) is 0 Å². The van der Waals surface area contributed by atoms with E-state index < -0.39 is 76.0 Å². The van der Waals surface area contributed by atoms with Crippen LogP contribution in [0.25, 0.3) is 0 Å². The fraction of sp³-hybridized carbons (Fsp3) is 0.719. The Morgan fingerprint density at radius 1 is 1.19 bits per heavy atom. The first-order chi connectivity index (χ1) is 20.2. The first-order valence-electron chi connectivity index (χ1n) is 15.1. The van der Waals surface area contributed by atoms with Gasteiger partial charge in [-0.25, -0.2) is 4.79 Å². The fourth-order valence-corrected chi connectivity index (χ4v) is 10.5. The number of hydrogen-bond donors (Lipinski definition) is 2. The number of epoxide rings is 1. The predicted octanol–water partition coefficient (Wildman–Crippen LogP) is 3.19. The van der Waals surface area contributed by atoms with E-state index in [-0.39, 0.29) is 30.6 Å². The lowest BCUT2D eigenvalue weighted by atomic mass is 9.34. The van der Waals surface area contributed by atoms with Gasteiger partial charge in [-0.3, -0.25) is 9.59 Å². The molecule has 43 heavy (non-hydrogen) atoms. The first kappa shape index (κ1) is 29.0. The highest BCUT2D eigenvalue weighted by Gasteiger charge is 2.92. The largest absolute Gasteiger partial charge is 0.472 e. The average molecular weight is 601 g/mol. The average Bonchev–Trinajstić information content (AvgIpc) is 3.41. The van der Waals surface area contributed by atoms with Crippen molar-refractivity contribution in [2.24, 2.45) is 39.9 Å². The third-order valence-corrected chi connectivity index (χ3v) is 12.7. The molecule has 13 atom stereocenters. The van der Waals surface area contributed by atoms with Crippen LogP contribution in [0.5, 0.6) is 0 Å². The standard InChI is InChI=1S/C32H40O11/c1-7-15(2)26(35)41-24-22-25-31(42-25)17(8-10-28(3)18(31)12-21(34)40-23(28)16-9-11-39-14-16)30(5)19(13-20(33)38-6)29(24,4)27(36)43-32(22,30)37/h7,9,11,14,17-19,22-25,27,36-37H,8,10,12-13H2,1-6H3. The van der Waals surface area contributed by atoms with Crippen molar-refractivity contribution >= 4 is 17.9 Å². The van der Waals surface area contributed by atoms with E-state index in [9.17, 15) is 24.6 Å². The van der Waals surface area contributed by atoms with Gasteiger partial charge in [0.2, 0.25) is 0 Å². The maximum atomic E-state index is 13.3. The molecule has 1 aromatic rings. The first-order valence-corrected chi connectivity index (χ1v) is 15.1. The Labute approximate surface area is 249 Å². The Morgan fingerprint density at radius 3 is 2.58 bits per heavy atom. The van der Waals surface area contributed by atoms with Crippen LogP contribution in [-0.2, 0) is 38.1 Å². The van der Waals surface area contributed by atoms with Crippen LogP contribution < -0.4 is 0 Å². The number of rotatable bonds is 5. The third kappa shape index (κ3) is 3.26. The van der Waals surface area contributed by atoms with Crippen LogP contribution in [0.3, 0.4) is 0 Å². The van der Waals surface area contributed by atoms with Crippen molar-refractivity contribution in [2.75, 3.05) is 7.11 Å². The van der Waals surface area contributed by atoms with Crippen molar-refractivity contribution in [1.82, 2.24) is 0 Å². The van der Waals surface area contributed by atoms with Crippen LogP contribution in [0.2, 0.25) is 0 Å². The number of allylic oxidation sites excluding steroid dienone is 1. The van der Waals surface area contributed by atoms with Gasteiger partial charge in [0.05, 0.1) is 43.5 Å². The number of fused-ring (bicyclic) bond motifs is 2. The Kier molecular flexibility index (Phi) is 6.02. The van der Waals surface area contributed by atoms with Gasteiger partial charge >= 0.3 is 17.9 Å². The van der Waals surface area contributed by atoms with Gasteiger partial charge < -0.3 is 38.3 Å². The highest BCUT2D eigenvalue weighted by Crippen LogP contribution is 2.82. The highest BCUT2D eigenvalue weighted by atomic mass is 16.7. The number of aliphatic hydroxyl groups excluding tert-OH is 1. The van der Waals surface area contributed by atoms with Crippen molar-refractivity contribution in [3.8, 4) is 0 Å². The Balaban J connectivity index is 1.41. The number of ether oxygens (including phenoxy) is 5. The number of methoxy groups -OCH3 is 1. The molecule has 7 fully saturated rings. The fourth-order valence-electron chi connectivity index (χ4n) is 10.5. The van der Waals surface area contributed by atoms with Gasteiger partial charge in [-0.1, -0.05) is 26.8 Å². The minimum absolute atomic E-state index is 0.115. The lowest BCUT2D eigenvalue weighted by Crippen LogP contribution is -2.85. The summed E-state index contributed by atoms with van der Waals surface area (Å²) in [5, 5.41) is 24.2. The zero-order valence-corrected chi connectivity index (χ0v) is 25.3. The summed E-state index contributed by atoms with van der Waals surface area (Å²) in [6, 6.07) is 1.81. The topological polar surface area (TPSA) is 154 Å². The normalized spacial score (nSPS) is 51.0. The summed E-state index contributed by atoms with van der Waals surface area (Å²) in [7, 11) is 1.30. The van der Waals surface area contributed by atoms with Crippen LogP contribution in [-0.4, -0.2) is 65.1 Å².